The van der Waals surface area contributed by atoms with Gasteiger partial charge >= 0.3 is 5.97 Å². The number of aliphatic hydroxyl groups excluding tert-OH is 7. The largest absolute Gasteiger partial charge is 0.457 e. The first-order valence-electron chi connectivity index (χ1n) is 24.3. The van der Waals surface area contributed by atoms with Crippen molar-refractivity contribution in [1.82, 2.24) is 0 Å². The Balaban J connectivity index is 1.76. The van der Waals surface area contributed by atoms with Crippen molar-refractivity contribution in [2.75, 3.05) is 33.0 Å². The summed E-state index contributed by atoms with van der Waals surface area (Å²) in [6.45, 7) is 3.67. The lowest BCUT2D eigenvalue weighted by molar-refractivity contribution is -0.332. The minimum atomic E-state index is -1.70. The molecule has 360 valence electrons. The van der Waals surface area contributed by atoms with Gasteiger partial charge in [0.25, 0.3) is 0 Å². The zero-order valence-corrected chi connectivity index (χ0v) is 37.9. The van der Waals surface area contributed by atoms with Crippen molar-refractivity contribution < 1.29 is 69.0 Å². The van der Waals surface area contributed by atoms with Gasteiger partial charge in [0.05, 0.1) is 26.4 Å². The lowest BCUT2D eigenvalue weighted by Gasteiger charge is -2.42. The van der Waals surface area contributed by atoms with E-state index < -0.39 is 80.7 Å². The predicted octanol–water partition coefficient (Wildman–Crippen LogP) is 6.29. The summed E-state index contributed by atoms with van der Waals surface area (Å²) in [5, 5.41) is 71.9. The summed E-state index contributed by atoms with van der Waals surface area (Å²) in [6, 6.07) is 0. The van der Waals surface area contributed by atoms with E-state index in [1.165, 1.54) is 109 Å². The van der Waals surface area contributed by atoms with Crippen molar-refractivity contribution >= 4 is 5.97 Å². The summed E-state index contributed by atoms with van der Waals surface area (Å²) >= 11 is 0. The van der Waals surface area contributed by atoms with E-state index in [0.717, 1.165) is 44.9 Å². The van der Waals surface area contributed by atoms with Crippen molar-refractivity contribution in [3.05, 3.63) is 12.2 Å². The number of rotatable bonds is 38. The fraction of sp³-hybridized carbons (Fsp3) is 0.936. The highest BCUT2D eigenvalue weighted by atomic mass is 16.7. The van der Waals surface area contributed by atoms with Crippen molar-refractivity contribution in [2.24, 2.45) is 0 Å². The van der Waals surface area contributed by atoms with Crippen LogP contribution in [0, 0.1) is 0 Å². The van der Waals surface area contributed by atoms with Crippen molar-refractivity contribution in [3.8, 4) is 0 Å². The minimum Gasteiger partial charge on any atom is -0.457 e. The van der Waals surface area contributed by atoms with Crippen LogP contribution in [-0.2, 0) is 33.2 Å². The second-order valence-corrected chi connectivity index (χ2v) is 17.3. The molecule has 0 spiro atoms. The number of allylic oxidation sites excluding steroid dienone is 2. The molecule has 0 aromatic heterocycles. The van der Waals surface area contributed by atoms with Crippen LogP contribution < -0.4 is 0 Å². The van der Waals surface area contributed by atoms with Gasteiger partial charge in [-0.25, -0.2) is 0 Å². The maximum absolute atomic E-state index is 12.9. The molecule has 0 aromatic carbocycles. The average Bonchev–Trinajstić information content (AvgIpc) is 3.25. The number of hydrogen-bond acceptors (Lipinski definition) is 14. The van der Waals surface area contributed by atoms with Gasteiger partial charge in [0.15, 0.2) is 12.6 Å². The van der Waals surface area contributed by atoms with Crippen molar-refractivity contribution in [2.45, 2.75) is 248 Å². The van der Waals surface area contributed by atoms with E-state index in [9.17, 15) is 40.5 Å². The zero-order chi connectivity index (χ0) is 44.5. The fourth-order valence-electron chi connectivity index (χ4n) is 7.75. The topological polar surface area (TPSA) is 214 Å². The third-order valence-corrected chi connectivity index (χ3v) is 11.8. The molecule has 2 rings (SSSR count). The Morgan fingerprint density at radius 1 is 0.525 bits per heavy atom. The molecule has 61 heavy (non-hydrogen) atoms. The molecular formula is C47H88O14. The maximum atomic E-state index is 12.9. The van der Waals surface area contributed by atoms with Gasteiger partial charge in [-0.15, -0.1) is 0 Å². The second kappa shape index (κ2) is 36.0. The number of unbranched alkanes of at least 4 members (excludes halogenated alkanes) is 22. The van der Waals surface area contributed by atoms with Crippen LogP contribution in [-0.4, -0.2) is 142 Å². The van der Waals surface area contributed by atoms with Gasteiger partial charge in [-0.1, -0.05) is 148 Å². The highest BCUT2D eigenvalue weighted by Gasteiger charge is 2.47. The number of carbonyl (C=O) groups excluding carboxylic acids is 1. The molecule has 0 bridgehead atoms. The molecule has 0 aromatic rings. The van der Waals surface area contributed by atoms with Crippen molar-refractivity contribution in [3.63, 3.8) is 0 Å². The summed E-state index contributed by atoms with van der Waals surface area (Å²) in [7, 11) is 0. The number of aliphatic hydroxyl groups is 7. The molecule has 14 nitrogen and oxygen atoms in total. The molecule has 7 N–H and O–H groups in total. The van der Waals surface area contributed by atoms with Crippen molar-refractivity contribution in [1.29, 1.82) is 0 Å². The Bertz CT molecular complexity index is 1060. The molecule has 2 aliphatic rings. The third-order valence-electron chi connectivity index (χ3n) is 11.8. The highest BCUT2D eigenvalue weighted by molar-refractivity contribution is 5.69. The first kappa shape index (κ1) is 55.9. The summed E-state index contributed by atoms with van der Waals surface area (Å²) in [5.74, 6) is -0.380. The van der Waals surface area contributed by atoms with E-state index in [0.29, 0.717) is 13.0 Å². The van der Waals surface area contributed by atoms with E-state index in [-0.39, 0.29) is 25.6 Å². The van der Waals surface area contributed by atoms with Crippen LogP contribution >= 0.6 is 0 Å². The van der Waals surface area contributed by atoms with E-state index in [4.69, 9.17) is 28.4 Å². The predicted molar refractivity (Wildman–Crippen MR) is 234 cm³/mol. The van der Waals surface area contributed by atoms with E-state index >= 15 is 0 Å². The van der Waals surface area contributed by atoms with E-state index in [1.54, 1.807) is 0 Å². The van der Waals surface area contributed by atoms with Gasteiger partial charge < -0.3 is 64.2 Å². The maximum Gasteiger partial charge on any atom is 0.306 e. The molecule has 0 radical (unpaired) electrons. The number of esters is 1. The Kier molecular flexibility index (Phi) is 33.0. The Morgan fingerprint density at radius 3 is 1.49 bits per heavy atom. The Morgan fingerprint density at radius 2 is 0.967 bits per heavy atom. The monoisotopic (exact) mass is 877 g/mol. The standard InChI is InChI=1S/C47H88O14/c1-3-5-7-9-11-13-14-15-16-17-18-19-20-21-22-24-26-28-30-39(49)59-36(33-56-31-29-27-25-23-12-10-8-6-4-2)34-57-46-45(55)43(53)41(51)38(61-46)35-58-47-44(54)42(52)40(50)37(32-48)60-47/h16-17,36-38,40-48,50-55H,3-15,18-35H2,1-2H3/b17-16-. The summed E-state index contributed by atoms with van der Waals surface area (Å²) < 4.78 is 34.1. The van der Waals surface area contributed by atoms with E-state index in [1.807, 2.05) is 0 Å². The van der Waals surface area contributed by atoms with Crippen LogP contribution in [0.5, 0.6) is 0 Å². The minimum absolute atomic E-state index is 0.0642. The number of ether oxygens (including phenoxy) is 6. The van der Waals surface area contributed by atoms with Crippen LogP contribution in [0.1, 0.15) is 181 Å². The Labute approximate surface area is 367 Å². The summed E-state index contributed by atoms with van der Waals surface area (Å²) in [6.07, 6.45) is 18.6. The quantitative estimate of drug-likeness (QED) is 0.0206. The molecular weight excluding hydrogens is 789 g/mol. The molecule has 11 unspecified atom stereocenters. The summed E-state index contributed by atoms with van der Waals surface area (Å²) in [5.41, 5.74) is 0. The van der Waals surface area contributed by atoms with Gasteiger partial charge in [-0.05, 0) is 38.5 Å². The second-order valence-electron chi connectivity index (χ2n) is 17.3. The first-order valence-corrected chi connectivity index (χ1v) is 24.3. The van der Waals surface area contributed by atoms with Gasteiger partial charge in [-0.2, -0.15) is 0 Å². The van der Waals surface area contributed by atoms with Gasteiger partial charge in [0, 0.05) is 13.0 Å². The summed E-state index contributed by atoms with van der Waals surface area (Å²) in [4.78, 5) is 12.9. The van der Waals surface area contributed by atoms with Gasteiger partial charge in [0.1, 0.15) is 54.9 Å². The molecule has 2 aliphatic heterocycles. The van der Waals surface area contributed by atoms with Crippen LogP contribution in [0.4, 0.5) is 0 Å². The fourth-order valence-corrected chi connectivity index (χ4v) is 7.75. The number of carbonyl (C=O) groups is 1. The van der Waals surface area contributed by atoms with Crippen LogP contribution in [0.3, 0.4) is 0 Å². The number of hydrogen-bond donors (Lipinski definition) is 7. The van der Waals surface area contributed by atoms with Crippen LogP contribution in [0.2, 0.25) is 0 Å². The first-order chi connectivity index (χ1) is 29.6. The lowest BCUT2D eigenvalue weighted by Crippen LogP contribution is -2.61. The van der Waals surface area contributed by atoms with E-state index in [2.05, 4.69) is 26.0 Å². The molecule has 0 aliphatic carbocycles. The van der Waals surface area contributed by atoms with Gasteiger partial charge in [-0.3, -0.25) is 4.79 Å². The molecule has 14 heteroatoms. The average molecular weight is 877 g/mol. The van der Waals surface area contributed by atoms with Crippen LogP contribution in [0.15, 0.2) is 12.2 Å². The smallest absolute Gasteiger partial charge is 0.306 e. The molecule has 2 heterocycles. The molecule has 0 amide bonds. The Hall–Kier alpha value is -1.27. The van der Waals surface area contributed by atoms with Gasteiger partial charge in [0.2, 0.25) is 0 Å². The molecule has 0 saturated carbocycles. The zero-order valence-electron chi connectivity index (χ0n) is 37.9. The highest BCUT2D eigenvalue weighted by Crippen LogP contribution is 2.26. The third kappa shape index (κ3) is 24.6. The van der Waals surface area contributed by atoms with Crippen LogP contribution in [0.25, 0.3) is 0 Å². The molecule has 2 fully saturated rings. The molecule has 11 atom stereocenters. The lowest BCUT2D eigenvalue weighted by atomic mass is 9.98. The normalized spacial score (nSPS) is 27.5. The molecule has 2 saturated heterocycles. The SMILES string of the molecule is CCCCCCCCC/C=C\CCCCCCCCCC(=O)OC(COCCCCCCCCCCC)COC1OC(COC2OC(CO)C(O)C(O)C2O)C(O)C(O)C1O.